The van der Waals surface area contributed by atoms with Gasteiger partial charge >= 0.3 is 0 Å². The highest BCUT2D eigenvalue weighted by Crippen LogP contribution is 2.22. The molecule has 0 fully saturated rings. The van der Waals surface area contributed by atoms with E-state index < -0.39 is 22.4 Å². The maximum atomic E-state index is 13.3. The van der Waals surface area contributed by atoms with E-state index in [9.17, 15) is 17.9 Å². The first-order valence-electron chi connectivity index (χ1n) is 6.22. The van der Waals surface area contributed by atoms with Crippen molar-refractivity contribution in [3.63, 3.8) is 0 Å². The number of sulfonamides is 1. The third-order valence-corrected chi connectivity index (χ3v) is 4.76. The lowest BCUT2D eigenvalue weighted by Crippen LogP contribution is -2.34. The lowest BCUT2D eigenvalue weighted by Gasteiger charge is -2.23. The number of hydrogen-bond donors (Lipinski definition) is 1. The van der Waals surface area contributed by atoms with E-state index in [2.05, 4.69) is 0 Å². The highest BCUT2D eigenvalue weighted by atomic mass is 32.2. The molecule has 0 saturated carbocycles. The zero-order chi connectivity index (χ0) is 14.6. The molecule has 0 amide bonds. The zero-order valence-corrected chi connectivity index (χ0v) is 12.2. The fraction of sp³-hybridized carbons (Fsp3) is 0.538. The van der Waals surface area contributed by atoms with Crippen LogP contribution in [0.25, 0.3) is 0 Å². The van der Waals surface area contributed by atoms with Crippen molar-refractivity contribution in [3.8, 4) is 0 Å². The molecular weight excluding hydrogens is 269 g/mol. The molecule has 0 radical (unpaired) electrons. The molecule has 1 N–H and O–H groups in total. The molecule has 0 saturated heterocycles. The highest BCUT2D eigenvalue weighted by molar-refractivity contribution is 7.89. The summed E-state index contributed by atoms with van der Waals surface area (Å²) in [4.78, 5) is -0.155. The Hall–Kier alpha value is -0.980. The minimum absolute atomic E-state index is 0.155. The molecule has 0 aliphatic rings. The third-order valence-electron chi connectivity index (χ3n) is 2.74. The second-order valence-electron chi connectivity index (χ2n) is 4.76. The molecular formula is C13H20FNO3S. The van der Waals surface area contributed by atoms with Crippen molar-refractivity contribution < 1.29 is 17.9 Å². The summed E-state index contributed by atoms with van der Waals surface area (Å²) in [6, 6.07) is 3.40. The predicted molar refractivity (Wildman–Crippen MR) is 71.6 cm³/mol. The maximum absolute atomic E-state index is 13.3. The standard InChI is InChI=1S/C13H20FNO3S/c1-4-15(8-10(2)3)19(17,18)13-7-12(14)6-5-11(13)9-16/h5-7,10,16H,4,8-9H2,1-3H3. The first-order chi connectivity index (χ1) is 8.82. The van der Waals surface area contributed by atoms with Crippen molar-refractivity contribution in [1.82, 2.24) is 4.31 Å². The monoisotopic (exact) mass is 289 g/mol. The first-order valence-corrected chi connectivity index (χ1v) is 7.66. The summed E-state index contributed by atoms with van der Waals surface area (Å²) in [5, 5.41) is 9.20. The lowest BCUT2D eigenvalue weighted by atomic mass is 10.2. The van der Waals surface area contributed by atoms with Crippen molar-refractivity contribution in [2.45, 2.75) is 32.3 Å². The molecule has 1 aromatic carbocycles. The van der Waals surface area contributed by atoms with Crippen LogP contribution in [0, 0.1) is 11.7 Å². The van der Waals surface area contributed by atoms with Gasteiger partial charge in [0.2, 0.25) is 10.0 Å². The van der Waals surface area contributed by atoms with Crippen molar-refractivity contribution in [2.75, 3.05) is 13.1 Å². The van der Waals surface area contributed by atoms with Crippen LogP contribution in [0.2, 0.25) is 0 Å². The molecule has 0 aliphatic carbocycles. The van der Waals surface area contributed by atoms with Crippen molar-refractivity contribution in [3.05, 3.63) is 29.6 Å². The summed E-state index contributed by atoms with van der Waals surface area (Å²) in [6.45, 7) is 5.79. The van der Waals surface area contributed by atoms with Gasteiger partial charge in [-0.2, -0.15) is 4.31 Å². The van der Waals surface area contributed by atoms with E-state index in [1.54, 1.807) is 6.92 Å². The van der Waals surface area contributed by atoms with E-state index in [1.807, 2.05) is 13.8 Å². The van der Waals surface area contributed by atoms with Crippen LogP contribution in [-0.4, -0.2) is 30.9 Å². The van der Waals surface area contributed by atoms with Crippen molar-refractivity contribution in [1.29, 1.82) is 0 Å². The summed E-state index contributed by atoms with van der Waals surface area (Å²) >= 11 is 0. The van der Waals surface area contributed by atoms with E-state index in [1.165, 1.54) is 10.4 Å². The first kappa shape index (κ1) is 16.1. The number of aliphatic hydroxyl groups excluding tert-OH is 1. The van der Waals surface area contributed by atoms with Gasteiger partial charge in [0.05, 0.1) is 11.5 Å². The Morgan fingerprint density at radius 3 is 2.47 bits per heavy atom. The van der Waals surface area contributed by atoms with Gasteiger partial charge in [-0.1, -0.05) is 26.8 Å². The average Bonchev–Trinajstić information content (AvgIpc) is 2.35. The van der Waals surface area contributed by atoms with Gasteiger partial charge in [-0.05, 0) is 23.6 Å². The number of benzene rings is 1. The number of nitrogens with zero attached hydrogens (tertiary/aromatic N) is 1. The van der Waals surface area contributed by atoms with Gasteiger partial charge in [0.1, 0.15) is 5.82 Å². The molecule has 108 valence electrons. The Balaban J connectivity index is 3.28. The second kappa shape index (κ2) is 6.45. The number of halogens is 1. The Labute approximate surface area is 113 Å². The van der Waals surface area contributed by atoms with Crippen LogP contribution in [0.5, 0.6) is 0 Å². The van der Waals surface area contributed by atoms with Crippen molar-refractivity contribution >= 4 is 10.0 Å². The van der Waals surface area contributed by atoms with Gasteiger partial charge < -0.3 is 5.11 Å². The van der Waals surface area contributed by atoms with Crippen LogP contribution in [0.15, 0.2) is 23.1 Å². The SMILES string of the molecule is CCN(CC(C)C)S(=O)(=O)c1cc(F)ccc1CO. The topological polar surface area (TPSA) is 57.6 Å². The molecule has 0 unspecified atom stereocenters. The third kappa shape index (κ3) is 3.75. The van der Waals surface area contributed by atoms with E-state index in [4.69, 9.17) is 0 Å². The van der Waals surface area contributed by atoms with Crippen LogP contribution >= 0.6 is 0 Å². The summed E-state index contributed by atoms with van der Waals surface area (Å²) in [6.07, 6.45) is 0. The molecule has 6 heteroatoms. The van der Waals surface area contributed by atoms with E-state index in [-0.39, 0.29) is 16.4 Å². The lowest BCUT2D eigenvalue weighted by molar-refractivity contribution is 0.277. The minimum atomic E-state index is -3.78. The predicted octanol–water partition coefficient (Wildman–Crippen LogP) is 1.98. The van der Waals surface area contributed by atoms with E-state index >= 15 is 0 Å². The number of aliphatic hydroxyl groups is 1. The average molecular weight is 289 g/mol. The maximum Gasteiger partial charge on any atom is 0.243 e. The highest BCUT2D eigenvalue weighted by Gasteiger charge is 2.26. The molecule has 1 rings (SSSR count). The van der Waals surface area contributed by atoms with E-state index in [0.29, 0.717) is 13.1 Å². The van der Waals surface area contributed by atoms with Crippen LogP contribution in [0.4, 0.5) is 4.39 Å². The molecule has 0 bridgehead atoms. The summed E-state index contributed by atoms with van der Waals surface area (Å²) in [5.74, 6) is -0.461. The fourth-order valence-electron chi connectivity index (χ4n) is 1.84. The van der Waals surface area contributed by atoms with Crippen LogP contribution in [0.1, 0.15) is 26.3 Å². The van der Waals surface area contributed by atoms with Gasteiger partial charge in [0.25, 0.3) is 0 Å². The molecule has 0 spiro atoms. The quantitative estimate of drug-likeness (QED) is 0.871. The van der Waals surface area contributed by atoms with Gasteiger partial charge in [0, 0.05) is 13.1 Å². The summed E-state index contributed by atoms with van der Waals surface area (Å²) in [7, 11) is -3.78. The largest absolute Gasteiger partial charge is 0.392 e. The molecule has 0 aromatic heterocycles. The molecule has 19 heavy (non-hydrogen) atoms. The van der Waals surface area contributed by atoms with Crippen LogP contribution in [-0.2, 0) is 16.6 Å². The molecule has 4 nitrogen and oxygen atoms in total. The molecule has 0 atom stereocenters. The fourth-order valence-corrected chi connectivity index (χ4v) is 3.68. The minimum Gasteiger partial charge on any atom is -0.392 e. The Morgan fingerprint density at radius 1 is 1.37 bits per heavy atom. The van der Waals surface area contributed by atoms with Gasteiger partial charge in [-0.3, -0.25) is 0 Å². The molecule has 1 aromatic rings. The van der Waals surface area contributed by atoms with Gasteiger partial charge in [-0.25, -0.2) is 12.8 Å². The Kier molecular flexibility index (Phi) is 5.46. The molecule has 0 aliphatic heterocycles. The smallest absolute Gasteiger partial charge is 0.243 e. The summed E-state index contributed by atoms with van der Waals surface area (Å²) < 4.78 is 39.5. The van der Waals surface area contributed by atoms with Gasteiger partial charge in [-0.15, -0.1) is 0 Å². The van der Waals surface area contributed by atoms with Crippen LogP contribution in [0.3, 0.4) is 0 Å². The summed E-state index contributed by atoms with van der Waals surface area (Å²) in [5.41, 5.74) is 0.212. The van der Waals surface area contributed by atoms with Crippen molar-refractivity contribution in [2.24, 2.45) is 5.92 Å². The second-order valence-corrected chi connectivity index (χ2v) is 6.67. The number of rotatable bonds is 6. The zero-order valence-electron chi connectivity index (χ0n) is 11.4. The normalized spacial score (nSPS) is 12.4. The Morgan fingerprint density at radius 2 is 2.00 bits per heavy atom. The van der Waals surface area contributed by atoms with E-state index in [0.717, 1.165) is 12.1 Å². The van der Waals surface area contributed by atoms with Crippen LogP contribution < -0.4 is 0 Å². The number of hydrogen-bond acceptors (Lipinski definition) is 3. The molecule has 0 heterocycles. The Bertz CT molecular complexity index is 529. The van der Waals surface area contributed by atoms with Gasteiger partial charge in [0.15, 0.2) is 0 Å².